The molecule has 4 rings (SSSR count). The zero-order valence-corrected chi connectivity index (χ0v) is 16.9. The molecule has 8 nitrogen and oxygen atoms in total. The van der Waals surface area contributed by atoms with Gasteiger partial charge in [0.1, 0.15) is 9.93 Å². The van der Waals surface area contributed by atoms with E-state index >= 15 is 0 Å². The number of amides is 1. The van der Waals surface area contributed by atoms with E-state index in [1.165, 1.54) is 12.1 Å². The van der Waals surface area contributed by atoms with Gasteiger partial charge in [-0.15, -0.1) is 11.3 Å². The van der Waals surface area contributed by atoms with Crippen LogP contribution in [0.15, 0.2) is 46.2 Å². The Morgan fingerprint density at radius 2 is 1.90 bits per heavy atom. The van der Waals surface area contributed by atoms with E-state index in [2.05, 4.69) is 4.90 Å². The number of nitro groups is 1. The summed E-state index contributed by atoms with van der Waals surface area (Å²) in [5.74, 6) is -0.748. The van der Waals surface area contributed by atoms with Crippen molar-refractivity contribution in [3.63, 3.8) is 0 Å². The highest BCUT2D eigenvalue weighted by molar-refractivity contribution is 7.09. The minimum absolute atomic E-state index is 0.00215. The fourth-order valence-electron chi connectivity index (χ4n) is 3.13. The number of aromatic nitrogens is 1. The molecule has 1 aliphatic heterocycles. The third-order valence-electron chi connectivity index (χ3n) is 4.69. The van der Waals surface area contributed by atoms with Crippen molar-refractivity contribution >= 4 is 34.7 Å². The maximum atomic E-state index is 12.5. The molecule has 0 aliphatic carbocycles. The van der Waals surface area contributed by atoms with Crippen LogP contribution in [0.5, 0.6) is 0 Å². The Hall–Kier alpha value is -2.75. The van der Waals surface area contributed by atoms with Crippen LogP contribution in [0, 0.1) is 10.1 Å². The number of thiazole rings is 1. The minimum Gasteiger partial charge on any atom is -0.395 e. The van der Waals surface area contributed by atoms with E-state index in [9.17, 15) is 14.9 Å². The molecule has 0 saturated carbocycles. The fourth-order valence-corrected chi connectivity index (χ4v) is 4.10. The van der Waals surface area contributed by atoms with E-state index in [0.717, 1.165) is 16.3 Å². The molecule has 0 spiro atoms. The van der Waals surface area contributed by atoms with Crippen LogP contribution in [-0.2, 0) is 6.54 Å². The van der Waals surface area contributed by atoms with Crippen molar-refractivity contribution in [2.45, 2.75) is 6.54 Å². The van der Waals surface area contributed by atoms with Crippen molar-refractivity contribution < 1.29 is 14.1 Å². The van der Waals surface area contributed by atoms with Crippen molar-refractivity contribution in [3.05, 3.63) is 67.7 Å². The number of halogens is 1. The first-order valence-corrected chi connectivity index (χ1v) is 10.2. The van der Waals surface area contributed by atoms with Crippen LogP contribution in [0.4, 0.5) is 5.88 Å². The Kier molecular flexibility index (Phi) is 5.61. The lowest BCUT2D eigenvalue weighted by molar-refractivity contribution is -0.402. The van der Waals surface area contributed by atoms with Gasteiger partial charge < -0.3 is 9.32 Å². The second-order valence-corrected chi connectivity index (χ2v) is 7.98. The molecule has 2 aromatic heterocycles. The van der Waals surface area contributed by atoms with Gasteiger partial charge in [-0.05, 0) is 18.2 Å². The molecular formula is C19H17ClN4O4S. The maximum Gasteiger partial charge on any atom is 0.433 e. The van der Waals surface area contributed by atoms with E-state index in [1.54, 1.807) is 16.2 Å². The Balaban J connectivity index is 1.32. The van der Waals surface area contributed by atoms with Gasteiger partial charge in [-0.1, -0.05) is 23.7 Å². The molecule has 0 unspecified atom stereocenters. The van der Waals surface area contributed by atoms with Crippen molar-refractivity contribution in [2.75, 3.05) is 26.2 Å². The molecule has 1 saturated heterocycles. The lowest BCUT2D eigenvalue weighted by atomic mass is 10.2. The zero-order valence-electron chi connectivity index (χ0n) is 15.3. The van der Waals surface area contributed by atoms with Crippen LogP contribution in [0.25, 0.3) is 11.3 Å². The van der Waals surface area contributed by atoms with E-state index in [-0.39, 0.29) is 11.7 Å². The molecular weight excluding hydrogens is 416 g/mol. The van der Waals surface area contributed by atoms with Gasteiger partial charge in [0.15, 0.2) is 5.76 Å². The Labute approximate surface area is 175 Å². The highest BCUT2D eigenvalue weighted by Crippen LogP contribution is 2.25. The average Bonchev–Trinajstić information content (AvgIpc) is 3.39. The zero-order chi connectivity index (χ0) is 20.4. The summed E-state index contributed by atoms with van der Waals surface area (Å²) in [4.78, 5) is 31.1. The third kappa shape index (κ3) is 4.47. The lowest BCUT2D eigenvalue weighted by Crippen LogP contribution is -2.48. The van der Waals surface area contributed by atoms with Crippen LogP contribution in [0.2, 0.25) is 5.02 Å². The molecule has 0 atom stereocenters. The van der Waals surface area contributed by atoms with Gasteiger partial charge in [-0.25, -0.2) is 4.98 Å². The van der Waals surface area contributed by atoms with Gasteiger partial charge in [0, 0.05) is 42.1 Å². The number of carbonyl (C=O) groups is 1. The third-order valence-corrected chi connectivity index (χ3v) is 5.78. The molecule has 0 radical (unpaired) electrons. The summed E-state index contributed by atoms with van der Waals surface area (Å²) in [5.41, 5.74) is 1.95. The Bertz CT molecular complexity index is 1030. The van der Waals surface area contributed by atoms with Crippen LogP contribution >= 0.6 is 22.9 Å². The van der Waals surface area contributed by atoms with Crippen molar-refractivity contribution in [1.82, 2.24) is 14.8 Å². The van der Waals surface area contributed by atoms with Crippen molar-refractivity contribution in [2.24, 2.45) is 0 Å². The predicted molar refractivity (Wildman–Crippen MR) is 109 cm³/mol. The van der Waals surface area contributed by atoms with Gasteiger partial charge >= 0.3 is 5.88 Å². The Morgan fingerprint density at radius 3 is 2.55 bits per heavy atom. The van der Waals surface area contributed by atoms with Crippen LogP contribution < -0.4 is 0 Å². The first-order chi connectivity index (χ1) is 14.0. The monoisotopic (exact) mass is 432 g/mol. The molecule has 1 amide bonds. The molecule has 29 heavy (non-hydrogen) atoms. The van der Waals surface area contributed by atoms with Gasteiger partial charge in [0.2, 0.25) is 0 Å². The fraction of sp³-hybridized carbons (Fsp3) is 0.263. The van der Waals surface area contributed by atoms with Gasteiger partial charge in [0.05, 0.1) is 18.3 Å². The second kappa shape index (κ2) is 8.32. The average molecular weight is 433 g/mol. The molecule has 10 heteroatoms. The molecule has 3 aromatic rings. The second-order valence-electron chi connectivity index (χ2n) is 6.60. The lowest BCUT2D eigenvalue weighted by Gasteiger charge is -2.33. The van der Waals surface area contributed by atoms with E-state index in [0.29, 0.717) is 37.7 Å². The van der Waals surface area contributed by atoms with E-state index in [1.807, 2.05) is 29.6 Å². The summed E-state index contributed by atoms with van der Waals surface area (Å²) in [5, 5.41) is 14.4. The largest absolute Gasteiger partial charge is 0.433 e. The normalized spacial score (nSPS) is 14.9. The summed E-state index contributed by atoms with van der Waals surface area (Å²) < 4.78 is 5.01. The van der Waals surface area contributed by atoms with Gasteiger partial charge in [-0.2, -0.15) is 0 Å². The number of furan rings is 1. The molecule has 0 N–H and O–H groups in total. The number of rotatable bonds is 5. The molecule has 0 bridgehead atoms. The molecule has 150 valence electrons. The number of hydrogen-bond donors (Lipinski definition) is 0. The van der Waals surface area contributed by atoms with Gasteiger partial charge in [0.25, 0.3) is 5.91 Å². The van der Waals surface area contributed by atoms with Crippen LogP contribution in [-0.4, -0.2) is 51.8 Å². The number of nitrogens with zero attached hydrogens (tertiary/aromatic N) is 4. The summed E-state index contributed by atoms with van der Waals surface area (Å²) >= 11 is 7.54. The van der Waals surface area contributed by atoms with Crippen LogP contribution in [0.1, 0.15) is 15.6 Å². The van der Waals surface area contributed by atoms with E-state index in [4.69, 9.17) is 21.0 Å². The number of hydrogen-bond acceptors (Lipinski definition) is 7. The molecule has 3 heterocycles. The first-order valence-electron chi connectivity index (χ1n) is 8.96. The predicted octanol–water partition coefficient (Wildman–Crippen LogP) is 3.92. The van der Waals surface area contributed by atoms with Crippen molar-refractivity contribution in [1.29, 1.82) is 0 Å². The number of piperazine rings is 1. The number of benzene rings is 1. The SMILES string of the molecule is O=C(c1ccc([N+](=O)[O-])o1)N1CCN(Cc2nc(-c3ccc(Cl)cc3)cs2)CC1. The molecule has 1 fully saturated rings. The van der Waals surface area contributed by atoms with Crippen LogP contribution in [0.3, 0.4) is 0 Å². The highest BCUT2D eigenvalue weighted by atomic mass is 35.5. The topological polar surface area (TPSA) is 92.7 Å². The summed E-state index contributed by atoms with van der Waals surface area (Å²) in [7, 11) is 0. The summed E-state index contributed by atoms with van der Waals surface area (Å²) in [6.45, 7) is 3.17. The minimum atomic E-state index is -0.652. The summed E-state index contributed by atoms with van der Waals surface area (Å²) in [6, 6.07) is 10.1. The maximum absolute atomic E-state index is 12.5. The van der Waals surface area contributed by atoms with E-state index < -0.39 is 10.8 Å². The molecule has 1 aliphatic rings. The Morgan fingerprint density at radius 1 is 1.17 bits per heavy atom. The number of carbonyl (C=O) groups excluding carboxylic acids is 1. The van der Waals surface area contributed by atoms with Crippen molar-refractivity contribution in [3.8, 4) is 11.3 Å². The quantitative estimate of drug-likeness (QED) is 0.448. The standard InChI is InChI=1S/C19H17ClN4O4S/c20-14-3-1-13(2-4-14)15-12-29-17(21-15)11-22-7-9-23(10-8-22)19(25)16-5-6-18(28-16)24(26)27/h1-6,12H,7-11H2. The summed E-state index contributed by atoms with van der Waals surface area (Å²) in [6.07, 6.45) is 0. The molecule has 1 aromatic carbocycles. The highest BCUT2D eigenvalue weighted by Gasteiger charge is 2.26. The first kappa shape index (κ1) is 19.6. The van der Waals surface area contributed by atoms with Gasteiger partial charge in [-0.3, -0.25) is 19.8 Å². The smallest absolute Gasteiger partial charge is 0.395 e.